The van der Waals surface area contributed by atoms with E-state index in [1.807, 2.05) is 33.2 Å². The van der Waals surface area contributed by atoms with Gasteiger partial charge in [0.15, 0.2) is 0 Å². The van der Waals surface area contributed by atoms with Crippen molar-refractivity contribution in [1.82, 2.24) is 9.78 Å². The fraction of sp³-hybridized carbons (Fsp3) is 0.308. The van der Waals surface area contributed by atoms with E-state index in [0.717, 1.165) is 11.1 Å². The smallest absolute Gasteiger partial charge is 0.145 e. The predicted octanol–water partition coefficient (Wildman–Crippen LogP) is 4.00. The lowest BCUT2D eigenvalue weighted by atomic mass is 9.93. The van der Waals surface area contributed by atoms with Crippen LogP contribution in [-0.2, 0) is 7.05 Å². The van der Waals surface area contributed by atoms with Gasteiger partial charge in [-0.3, -0.25) is 4.68 Å². The molecule has 0 aliphatic heterocycles. The van der Waals surface area contributed by atoms with E-state index < -0.39 is 0 Å². The lowest BCUT2D eigenvalue weighted by Crippen LogP contribution is -1.97. The molecule has 0 atom stereocenters. The molecule has 0 fully saturated rings. The Hall–Kier alpha value is -1.35. The number of hydrogen-bond donors (Lipinski definition) is 0. The molecule has 1 heterocycles. The Morgan fingerprint density at radius 1 is 1.35 bits per heavy atom. The Labute approximate surface area is 105 Å². The first-order valence-corrected chi connectivity index (χ1v) is 5.85. The molecule has 0 spiro atoms. The lowest BCUT2D eigenvalue weighted by molar-refractivity contribution is 0.600. The number of aryl methyl sites for hydroxylation is 1. The summed E-state index contributed by atoms with van der Waals surface area (Å²) in [5, 5.41) is 4.27. The van der Waals surface area contributed by atoms with Crippen molar-refractivity contribution < 1.29 is 4.39 Å². The van der Waals surface area contributed by atoms with E-state index in [2.05, 4.69) is 5.10 Å². The molecule has 2 rings (SSSR count). The quantitative estimate of drug-likeness (QED) is 0.790. The first-order chi connectivity index (χ1) is 8.00. The van der Waals surface area contributed by atoms with Crippen molar-refractivity contribution >= 4 is 11.6 Å². The van der Waals surface area contributed by atoms with Crippen LogP contribution in [-0.4, -0.2) is 9.78 Å². The van der Waals surface area contributed by atoms with Crippen molar-refractivity contribution in [3.63, 3.8) is 0 Å². The average Bonchev–Trinajstić information content (AvgIpc) is 2.68. The molecule has 4 heteroatoms. The molecular formula is C13H14ClFN2. The van der Waals surface area contributed by atoms with Gasteiger partial charge >= 0.3 is 0 Å². The van der Waals surface area contributed by atoms with Gasteiger partial charge in [0.25, 0.3) is 0 Å². The average molecular weight is 253 g/mol. The van der Waals surface area contributed by atoms with Crippen molar-refractivity contribution in [1.29, 1.82) is 0 Å². The molecule has 0 aliphatic rings. The van der Waals surface area contributed by atoms with Gasteiger partial charge in [0, 0.05) is 18.8 Å². The summed E-state index contributed by atoms with van der Waals surface area (Å²) in [5.74, 6) is -0.257. The Bertz CT molecular complexity index is 546. The number of nitrogens with zero attached hydrogens (tertiary/aromatic N) is 2. The highest BCUT2D eigenvalue weighted by Gasteiger charge is 2.17. The van der Waals surface area contributed by atoms with E-state index in [-0.39, 0.29) is 16.8 Å². The summed E-state index contributed by atoms with van der Waals surface area (Å²) in [7, 11) is 1.84. The van der Waals surface area contributed by atoms with Crippen LogP contribution in [0.5, 0.6) is 0 Å². The van der Waals surface area contributed by atoms with Crippen molar-refractivity contribution in [2.45, 2.75) is 19.8 Å². The summed E-state index contributed by atoms with van der Waals surface area (Å²) in [6, 6.07) is 3.43. The van der Waals surface area contributed by atoms with E-state index in [1.165, 1.54) is 0 Å². The molecule has 0 saturated heterocycles. The van der Waals surface area contributed by atoms with E-state index >= 15 is 0 Å². The van der Waals surface area contributed by atoms with Crippen LogP contribution in [0.25, 0.3) is 11.1 Å². The molecule has 1 aromatic heterocycles. The van der Waals surface area contributed by atoms with Crippen LogP contribution in [0, 0.1) is 5.82 Å². The third kappa shape index (κ3) is 2.20. The van der Waals surface area contributed by atoms with Gasteiger partial charge in [0.2, 0.25) is 0 Å². The molecule has 1 aromatic carbocycles. The maximum atomic E-state index is 14.0. The Morgan fingerprint density at radius 2 is 2.06 bits per heavy atom. The molecule has 0 bridgehead atoms. The molecule has 2 nitrogen and oxygen atoms in total. The highest BCUT2D eigenvalue weighted by molar-refractivity contribution is 6.30. The summed E-state index contributed by atoms with van der Waals surface area (Å²) in [6.07, 6.45) is 3.60. The second kappa shape index (κ2) is 4.49. The van der Waals surface area contributed by atoms with Gasteiger partial charge in [0.05, 0.1) is 11.2 Å². The largest absolute Gasteiger partial charge is 0.275 e. The predicted molar refractivity (Wildman–Crippen MR) is 67.7 cm³/mol. The maximum absolute atomic E-state index is 14.0. The normalized spacial score (nSPS) is 11.2. The van der Waals surface area contributed by atoms with Gasteiger partial charge in [-0.25, -0.2) is 4.39 Å². The minimum Gasteiger partial charge on any atom is -0.275 e. The van der Waals surface area contributed by atoms with Crippen LogP contribution in [0.2, 0.25) is 5.02 Å². The minimum absolute atomic E-state index is 0.0731. The number of hydrogen-bond acceptors (Lipinski definition) is 1. The van der Waals surface area contributed by atoms with E-state index in [9.17, 15) is 4.39 Å². The van der Waals surface area contributed by atoms with E-state index in [1.54, 1.807) is 16.9 Å². The molecular weight excluding hydrogens is 239 g/mol. The number of benzene rings is 1. The first kappa shape index (κ1) is 12.1. The Morgan fingerprint density at radius 3 is 2.59 bits per heavy atom. The van der Waals surface area contributed by atoms with Crippen molar-refractivity contribution in [3.05, 3.63) is 40.9 Å². The molecule has 0 saturated carbocycles. The molecule has 0 aliphatic carbocycles. The zero-order valence-corrected chi connectivity index (χ0v) is 10.8. The van der Waals surface area contributed by atoms with Gasteiger partial charge in [0.1, 0.15) is 5.82 Å². The Kier molecular flexibility index (Phi) is 3.20. The van der Waals surface area contributed by atoms with Crippen LogP contribution in [0.1, 0.15) is 25.3 Å². The van der Waals surface area contributed by atoms with Crippen molar-refractivity contribution in [2.24, 2.45) is 7.05 Å². The zero-order chi connectivity index (χ0) is 12.6. The summed E-state index contributed by atoms with van der Waals surface area (Å²) >= 11 is 5.83. The van der Waals surface area contributed by atoms with Gasteiger partial charge < -0.3 is 0 Å². The number of aromatic nitrogens is 2. The lowest BCUT2D eigenvalue weighted by Gasteiger charge is -2.13. The van der Waals surface area contributed by atoms with Crippen molar-refractivity contribution in [2.75, 3.05) is 0 Å². The summed E-state index contributed by atoms with van der Waals surface area (Å²) in [6.45, 7) is 3.91. The van der Waals surface area contributed by atoms with Gasteiger partial charge in [-0.15, -0.1) is 0 Å². The summed E-state index contributed by atoms with van der Waals surface area (Å²) in [5.41, 5.74) is 2.41. The van der Waals surface area contributed by atoms with Crippen molar-refractivity contribution in [3.8, 4) is 11.1 Å². The topological polar surface area (TPSA) is 17.8 Å². The molecule has 2 aromatic rings. The van der Waals surface area contributed by atoms with E-state index in [0.29, 0.717) is 5.56 Å². The number of rotatable bonds is 2. The van der Waals surface area contributed by atoms with Gasteiger partial charge in [-0.05, 0) is 23.1 Å². The number of halogens is 2. The second-order valence-corrected chi connectivity index (χ2v) is 4.79. The maximum Gasteiger partial charge on any atom is 0.145 e. The molecule has 0 radical (unpaired) electrons. The second-order valence-electron chi connectivity index (χ2n) is 4.38. The molecule has 90 valence electrons. The van der Waals surface area contributed by atoms with Gasteiger partial charge in [-0.1, -0.05) is 31.5 Å². The summed E-state index contributed by atoms with van der Waals surface area (Å²) < 4.78 is 15.7. The van der Waals surface area contributed by atoms with Crippen LogP contribution in [0.4, 0.5) is 4.39 Å². The highest BCUT2D eigenvalue weighted by atomic mass is 35.5. The monoisotopic (exact) mass is 252 g/mol. The molecule has 17 heavy (non-hydrogen) atoms. The summed E-state index contributed by atoms with van der Waals surface area (Å²) in [4.78, 5) is 0. The minimum atomic E-state index is -0.331. The first-order valence-electron chi connectivity index (χ1n) is 5.47. The molecule has 0 N–H and O–H groups in total. The highest BCUT2D eigenvalue weighted by Crippen LogP contribution is 2.34. The van der Waals surface area contributed by atoms with Crippen LogP contribution >= 0.6 is 11.6 Å². The molecule has 0 amide bonds. The fourth-order valence-corrected chi connectivity index (χ4v) is 2.11. The standard InChI is InChI=1S/C13H14ClFN2/c1-8(2)12-10(4-5-11(14)13(12)15)9-6-16-17(3)7-9/h4-8H,1-3H3. The van der Waals surface area contributed by atoms with Gasteiger partial charge in [-0.2, -0.15) is 5.10 Å². The van der Waals surface area contributed by atoms with Crippen LogP contribution in [0.3, 0.4) is 0 Å². The zero-order valence-electron chi connectivity index (χ0n) is 10.0. The SMILES string of the molecule is CC(C)c1c(-c2cnn(C)c2)ccc(Cl)c1F. The van der Waals surface area contributed by atoms with E-state index in [4.69, 9.17) is 11.6 Å². The Balaban J connectivity index is 2.65. The van der Waals surface area contributed by atoms with Crippen LogP contribution < -0.4 is 0 Å². The third-order valence-corrected chi connectivity index (χ3v) is 3.02. The van der Waals surface area contributed by atoms with Crippen LogP contribution in [0.15, 0.2) is 24.5 Å². The fourth-order valence-electron chi connectivity index (χ4n) is 1.94. The molecule has 0 unspecified atom stereocenters. The third-order valence-electron chi connectivity index (χ3n) is 2.73.